The van der Waals surface area contributed by atoms with Crippen LogP contribution in [0.2, 0.25) is 0 Å². The summed E-state index contributed by atoms with van der Waals surface area (Å²) in [7, 11) is -1.92. The van der Waals surface area contributed by atoms with Gasteiger partial charge in [0, 0.05) is 31.4 Å². The smallest absolute Gasteiger partial charge is 0.303 e. The van der Waals surface area contributed by atoms with Gasteiger partial charge in [-0.15, -0.1) is 0 Å². The molecule has 1 saturated heterocycles. The first kappa shape index (κ1) is 16.6. The molecule has 134 valence electrons. The standard InChI is InChI=1S/C17H16N4O4S/c1-20-8-9-21(26(20,23)24)14-5-2-12(3-6-14)17(22)19-13-4-7-16-15(10-13)18-11-25-16/h2-7,10-11H,8-9H2,1H3,(H,19,22). The van der Waals surface area contributed by atoms with Gasteiger partial charge < -0.3 is 9.73 Å². The molecule has 9 heteroatoms. The molecule has 0 spiro atoms. The van der Waals surface area contributed by atoms with E-state index in [1.165, 1.54) is 15.0 Å². The molecule has 1 N–H and O–H groups in total. The number of nitrogens with zero attached hydrogens (tertiary/aromatic N) is 3. The van der Waals surface area contributed by atoms with E-state index >= 15 is 0 Å². The Labute approximate surface area is 150 Å². The Kier molecular flexibility index (Phi) is 3.89. The van der Waals surface area contributed by atoms with E-state index in [9.17, 15) is 13.2 Å². The molecule has 0 unspecified atom stereocenters. The fourth-order valence-electron chi connectivity index (χ4n) is 2.81. The van der Waals surface area contributed by atoms with Crippen molar-refractivity contribution >= 4 is 38.6 Å². The van der Waals surface area contributed by atoms with E-state index in [4.69, 9.17) is 4.42 Å². The van der Waals surface area contributed by atoms with E-state index in [-0.39, 0.29) is 5.91 Å². The number of hydrogen-bond acceptors (Lipinski definition) is 5. The number of rotatable bonds is 3. The van der Waals surface area contributed by atoms with Crippen LogP contribution >= 0.6 is 0 Å². The zero-order chi connectivity index (χ0) is 18.3. The Balaban J connectivity index is 1.52. The number of aromatic nitrogens is 1. The fourth-order valence-corrected chi connectivity index (χ4v) is 4.16. The number of oxazole rings is 1. The van der Waals surface area contributed by atoms with Crippen LogP contribution in [-0.2, 0) is 10.2 Å². The van der Waals surface area contributed by atoms with Crippen LogP contribution in [0.4, 0.5) is 11.4 Å². The number of anilines is 2. The van der Waals surface area contributed by atoms with Crippen molar-refractivity contribution in [3.8, 4) is 0 Å². The minimum atomic E-state index is -3.47. The van der Waals surface area contributed by atoms with Crippen molar-refractivity contribution in [2.75, 3.05) is 29.8 Å². The van der Waals surface area contributed by atoms with Crippen LogP contribution in [-0.4, -0.2) is 43.8 Å². The van der Waals surface area contributed by atoms with Crippen molar-refractivity contribution < 1.29 is 17.6 Å². The van der Waals surface area contributed by atoms with E-state index in [0.29, 0.717) is 41.1 Å². The van der Waals surface area contributed by atoms with Crippen LogP contribution in [0.15, 0.2) is 53.3 Å². The van der Waals surface area contributed by atoms with E-state index in [1.807, 2.05) is 0 Å². The minimum Gasteiger partial charge on any atom is -0.443 e. The van der Waals surface area contributed by atoms with Crippen molar-refractivity contribution in [2.45, 2.75) is 0 Å². The summed E-state index contributed by atoms with van der Waals surface area (Å²) in [5.41, 5.74) is 2.86. The third-order valence-corrected chi connectivity index (χ3v) is 6.22. The van der Waals surface area contributed by atoms with E-state index in [1.54, 1.807) is 49.5 Å². The number of carbonyl (C=O) groups is 1. The van der Waals surface area contributed by atoms with Crippen molar-refractivity contribution in [3.05, 3.63) is 54.4 Å². The molecule has 0 atom stereocenters. The first-order valence-corrected chi connectivity index (χ1v) is 9.33. The molecule has 2 aromatic carbocycles. The number of fused-ring (bicyclic) bond motifs is 1. The summed E-state index contributed by atoms with van der Waals surface area (Å²) in [5.74, 6) is -0.291. The number of nitrogens with one attached hydrogen (secondary N) is 1. The lowest BCUT2D eigenvalue weighted by Gasteiger charge is -2.18. The Bertz CT molecular complexity index is 1080. The lowest BCUT2D eigenvalue weighted by atomic mass is 10.2. The first-order valence-electron chi connectivity index (χ1n) is 7.94. The van der Waals surface area contributed by atoms with Gasteiger partial charge in [-0.25, -0.2) is 4.98 Å². The predicted molar refractivity (Wildman–Crippen MR) is 97.3 cm³/mol. The summed E-state index contributed by atoms with van der Waals surface area (Å²) in [6.45, 7) is 0.831. The van der Waals surface area contributed by atoms with Crippen LogP contribution in [0.1, 0.15) is 10.4 Å². The van der Waals surface area contributed by atoms with Crippen LogP contribution < -0.4 is 9.62 Å². The third kappa shape index (κ3) is 2.80. The summed E-state index contributed by atoms with van der Waals surface area (Å²) in [4.78, 5) is 16.5. The van der Waals surface area contributed by atoms with Gasteiger partial charge in [-0.2, -0.15) is 12.7 Å². The molecule has 0 aliphatic carbocycles. The topological polar surface area (TPSA) is 95.8 Å². The number of benzene rings is 2. The zero-order valence-corrected chi connectivity index (χ0v) is 14.7. The van der Waals surface area contributed by atoms with Gasteiger partial charge in [0.15, 0.2) is 12.0 Å². The van der Waals surface area contributed by atoms with Gasteiger partial charge in [-0.1, -0.05) is 0 Å². The average molecular weight is 372 g/mol. The zero-order valence-electron chi connectivity index (χ0n) is 13.9. The highest BCUT2D eigenvalue weighted by Gasteiger charge is 2.33. The highest BCUT2D eigenvalue weighted by Crippen LogP contribution is 2.25. The van der Waals surface area contributed by atoms with Crippen molar-refractivity contribution in [1.82, 2.24) is 9.29 Å². The number of amides is 1. The van der Waals surface area contributed by atoms with Gasteiger partial charge in [0.05, 0.1) is 5.69 Å². The maximum Gasteiger partial charge on any atom is 0.303 e. The molecule has 3 aromatic rings. The van der Waals surface area contributed by atoms with Gasteiger partial charge in [-0.3, -0.25) is 9.10 Å². The lowest BCUT2D eigenvalue weighted by molar-refractivity contribution is 0.102. The number of likely N-dealkylation sites (N-methyl/N-ethyl adjacent to an activating group) is 1. The van der Waals surface area contributed by atoms with Crippen LogP contribution in [0.3, 0.4) is 0 Å². The molecule has 0 bridgehead atoms. The Morgan fingerprint density at radius 1 is 1.15 bits per heavy atom. The van der Waals surface area contributed by atoms with Crippen LogP contribution in [0.25, 0.3) is 11.1 Å². The second-order valence-corrected chi connectivity index (χ2v) is 7.90. The van der Waals surface area contributed by atoms with Crippen molar-refractivity contribution in [2.24, 2.45) is 0 Å². The van der Waals surface area contributed by atoms with Gasteiger partial charge in [0.1, 0.15) is 5.52 Å². The molecular formula is C17H16N4O4S. The first-order chi connectivity index (χ1) is 12.4. The van der Waals surface area contributed by atoms with Gasteiger partial charge in [-0.05, 0) is 42.5 Å². The number of hydrogen-bond donors (Lipinski definition) is 1. The fraction of sp³-hybridized carbons (Fsp3) is 0.176. The summed E-state index contributed by atoms with van der Waals surface area (Å²) in [6.07, 6.45) is 1.35. The Morgan fingerprint density at radius 2 is 1.92 bits per heavy atom. The Morgan fingerprint density at radius 3 is 2.62 bits per heavy atom. The second-order valence-electron chi connectivity index (χ2n) is 5.94. The van der Waals surface area contributed by atoms with Gasteiger partial charge >= 0.3 is 10.2 Å². The summed E-state index contributed by atoms with van der Waals surface area (Å²) >= 11 is 0. The molecule has 0 saturated carbocycles. The van der Waals surface area contributed by atoms with E-state index < -0.39 is 10.2 Å². The minimum absolute atomic E-state index is 0.291. The normalized spacial score (nSPS) is 16.9. The molecule has 2 heterocycles. The van der Waals surface area contributed by atoms with Crippen LogP contribution in [0, 0.1) is 0 Å². The second kappa shape index (κ2) is 6.11. The predicted octanol–water partition coefficient (Wildman–Crippen LogP) is 2.08. The van der Waals surface area contributed by atoms with Gasteiger partial charge in [0.2, 0.25) is 0 Å². The highest BCUT2D eigenvalue weighted by molar-refractivity contribution is 7.90. The van der Waals surface area contributed by atoms with E-state index in [2.05, 4.69) is 10.3 Å². The molecule has 4 rings (SSSR count). The van der Waals surface area contributed by atoms with Crippen molar-refractivity contribution in [1.29, 1.82) is 0 Å². The van der Waals surface area contributed by atoms with Crippen molar-refractivity contribution in [3.63, 3.8) is 0 Å². The SMILES string of the molecule is CN1CCN(c2ccc(C(=O)Nc3ccc4ocnc4c3)cc2)S1(=O)=O. The quantitative estimate of drug-likeness (QED) is 0.759. The monoisotopic (exact) mass is 372 g/mol. The molecule has 1 aliphatic heterocycles. The maximum atomic E-state index is 12.4. The third-order valence-electron chi connectivity index (χ3n) is 4.30. The molecule has 0 radical (unpaired) electrons. The number of carbonyl (C=O) groups excluding carboxylic acids is 1. The summed E-state index contributed by atoms with van der Waals surface area (Å²) in [6, 6.07) is 11.7. The summed E-state index contributed by atoms with van der Waals surface area (Å²) in [5, 5.41) is 2.79. The molecule has 1 aliphatic rings. The van der Waals surface area contributed by atoms with E-state index in [0.717, 1.165) is 0 Å². The molecule has 1 aromatic heterocycles. The largest absolute Gasteiger partial charge is 0.443 e. The maximum absolute atomic E-state index is 12.4. The molecular weight excluding hydrogens is 356 g/mol. The molecule has 26 heavy (non-hydrogen) atoms. The molecule has 8 nitrogen and oxygen atoms in total. The highest BCUT2D eigenvalue weighted by atomic mass is 32.2. The molecule has 1 fully saturated rings. The van der Waals surface area contributed by atoms with Crippen LogP contribution in [0.5, 0.6) is 0 Å². The Hall–Kier alpha value is -2.91. The summed E-state index contributed by atoms with van der Waals surface area (Å²) < 4.78 is 32.2. The average Bonchev–Trinajstić information content (AvgIpc) is 3.19. The lowest BCUT2D eigenvalue weighted by Crippen LogP contribution is -2.30. The van der Waals surface area contributed by atoms with Gasteiger partial charge in [0.25, 0.3) is 5.91 Å². The molecule has 1 amide bonds.